The molecule has 0 spiro atoms. The molecule has 0 bridgehead atoms. The molecule has 7 heteroatoms. The van der Waals surface area contributed by atoms with Gasteiger partial charge in [-0.2, -0.15) is 0 Å². The summed E-state index contributed by atoms with van der Waals surface area (Å²) in [7, 11) is 0. The van der Waals surface area contributed by atoms with Crippen molar-refractivity contribution in [1.82, 2.24) is 0 Å². The first kappa shape index (κ1) is 20.2. The van der Waals surface area contributed by atoms with Crippen molar-refractivity contribution in [2.75, 3.05) is 16.0 Å². The molecule has 0 radical (unpaired) electrons. The van der Waals surface area contributed by atoms with Gasteiger partial charge in [0, 0.05) is 23.9 Å². The number of carbonyl (C=O) groups excluding carboxylic acids is 2. The van der Waals surface area contributed by atoms with Gasteiger partial charge in [-0.3, -0.25) is 4.79 Å². The van der Waals surface area contributed by atoms with Gasteiger partial charge in [0.25, 0.3) is 0 Å². The van der Waals surface area contributed by atoms with Crippen LogP contribution in [0.2, 0.25) is 10.0 Å². The Morgan fingerprint density at radius 2 is 1.68 bits per heavy atom. The minimum absolute atomic E-state index is 0.0955. The Morgan fingerprint density at radius 3 is 2.36 bits per heavy atom. The molecule has 2 amide bonds. The number of amides is 2. The van der Waals surface area contributed by atoms with Crippen LogP contribution in [-0.4, -0.2) is 11.8 Å². The van der Waals surface area contributed by atoms with Crippen molar-refractivity contribution >= 4 is 52.1 Å². The van der Waals surface area contributed by atoms with Gasteiger partial charge in [0.2, 0.25) is 0 Å². The number of hydrogen-bond donors (Lipinski definition) is 3. The molecule has 3 rings (SSSR count). The number of para-hydroxylation sites is 2. The second-order valence-electron chi connectivity index (χ2n) is 7.53. The van der Waals surface area contributed by atoms with Crippen molar-refractivity contribution in [2.45, 2.75) is 26.7 Å². The summed E-state index contributed by atoms with van der Waals surface area (Å²) in [4.78, 5) is 24.4. The van der Waals surface area contributed by atoms with Crippen LogP contribution in [0.15, 0.2) is 54.2 Å². The smallest absolute Gasteiger partial charge is 0.323 e. The number of allylic oxidation sites excluding steroid dienone is 2. The molecule has 28 heavy (non-hydrogen) atoms. The molecule has 0 saturated heterocycles. The van der Waals surface area contributed by atoms with Crippen molar-refractivity contribution in [3.05, 3.63) is 64.3 Å². The lowest BCUT2D eigenvalue weighted by Gasteiger charge is -2.29. The Hall–Kier alpha value is -2.50. The molecule has 0 atom stereocenters. The van der Waals surface area contributed by atoms with Crippen molar-refractivity contribution in [3.8, 4) is 0 Å². The third-order valence-electron chi connectivity index (χ3n) is 4.30. The topological polar surface area (TPSA) is 70.2 Å². The van der Waals surface area contributed by atoms with Gasteiger partial charge in [0.05, 0.1) is 21.4 Å². The van der Waals surface area contributed by atoms with Crippen LogP contribution in [0.5, 0.6) is 0 Å². The summed E-state index contributed by atoms with van der Waals surface area (Å²) in [5.74, 6) is 0.0987. The highest BCUT2D eigenvalue weighted by Crippen LogP contribution is 2.35. The minimum atomic E-state index is -0.415. The van der Waals surface area contributed by atoms with Gasteiger partial charge in [0.1, 0.15) is 0 Å². The Labute approximate surface area is 174 Å². The molecule has 0 aliphatic heterocycles. The molecule has 5 nitrogen and oxygen atoms in total. The standard InChI is InChI=1S/C21H21Cl2N3O2/c1-21(2)11-14(9-15(27)12-21)24-18-5-3-4-6-19(18)26-20(28)25-13-7-8-16(22)17(23)10-13/h3-10,24H,11-12H2,1-2H3,(H2,25,26,28). The lowest BCUT2D eigenvalue weighted by Crippen LogP contribution is -2.25. The molecule has 0 unspecified atom stereocenters. The quantitative estimate of drug-likeness (QED) is 0.544. The fourth-order valence-corrected chi connectivity index (χ4v) is 3.46. The van der Waals surface area contributed by atoms with E-state index in [2.05, 4.69) is 29.8 Å². The zero-order valence-electron chi connectivity index (χ0n) is 15.6. The highest BCUT2D eigenvalue weighted by atomic mass is 35.5. The Balaban J connectivity index is 1.72. The first-order chi connectivity index (χ1) is 13.2. The van der Waals surface area contributed by atoms with E-state index in [4.69, 9.17) is 23.2 Å². The van der Waals surface area contributed by atoms with E-state index >= 15 is 0 Å². The van der Waals surface area contributed by atoms with Crippen LogP contribution >= 0.6 is 23.2 Å². The Kier molecular flexibility index (Phi) is 5.96. The summed E-state index contributed by atoms with van der Waals surface area (Å²) in [5, 5.41) is 9.59. The zero-order chi connectivity index (χ0) is 20.3. The maximum absolute atomic E-state index is 12.4. The lowest BCUT2D eigenvalue weighted by molar-refractivity contribution is -0.117. The summed E-state index contributed by atoms with van der Waals surface area (Å²) in [6, 6.07) is 11.8. The maximum atomic E-state index is 12.4. The summed E-state index contributed by atoms with van der Waals surface area (Å²) in [6.45, 7) is 4.13. The molecule has 1 aliphatic carbocycles. The van der Waals surface area contributed by atoms with Crippen LogP contribution in [0.1, 0.15) is 26.7 Å². The van der Waals surface area contributed by atoms with E-state index < -0.39 is 6.03 Å². The van der Waals surface area contributed by atoms with E-state index in [-0.39, 0.29) is 11.2 Å². The average molecular weight is 418 g/mol. The van der Waals surface area contributed by atoms with Gasteiger partial charge in [-0.1, -0.05) is 49.2 Å². The molecule has 0 heterocycles. The minimum Gasteiger partial charge on any atom is -0.357 e. The number of carbonyl (C=O) groups is 2. The third kappa shape index (κ3) is 5.27. The first-order valence-electron chi connectivity index (χ1n) is 8.84. The highest BCUT2D eigenvalue weighted by Gasteiger charge is 2.27. The fraction of sp³-hybridized carbons (Fsp3) is 0.238. The second kappa shape index (κ2) is 8.25. The number of ketones is 1. The van der Waals surface area contributed by atoms with E-state index in [0.29, 0.717) is 33.5 Å². The van der Waals surface area contributed by atoms with Gasteiger partial charge < -0.3 is 16.0 Å². The van der Waals surface area contributed by atoms with Crippen molar-refractivity contribution in [3.63, 3.8) is 0 Å². The molecule has 0 aromatic heterocycles. The molecule has 1 aliphatic rings. The molecule has 0 saturated carbocycles. The van der Waals surface area contributed by atoms with Crippen LogP contribution in [0.3, 0.4) is 0 Å². The molecule has 3 N–H and O–H groups in total. The first-order valence-corrected chi connectivity index (χ1v) is 9.60. The number of hydrogen-bond acceptors (Lipinski definition) is 3. The zero-order valence-corrected chi connectivity index (χ0v) is 17.1. The number of urea groups is 1. The van der Waals surface area contributed by atoms with Gasteiger partial charge in [-0.15, -0.1) is 0 Å². The summed E-state index contributed by atoms with van der Waals surface area (Å²) in [6.07, 6.45) is 2.92. The molecular formula is C21H21Cl2N3O2. The third-order valence-corrected chi connectivity index (χ3v) is 5.04. The van der Waals surface area contributed by atoms with Gasteiger partial charge in [0.15, 0.2) is 5.78 Å². The van der Waals surface area contributed by atoms with E-state index in [9.17, 15) is 9.59 Å². The number of halogens is 2. The molecule has 2 aromatic rings. The Bertz CT molecular complexity index is 954. The normalized spacial score (nSPS) is 15.6. The second-order valence-corrected chi connectivity index (χ2v) is 8.35. The van der Waals surface area contributed by atoms with E-state index in [1.807, 2.05) is 18.2 Å². The summed E-state index contributed by atoms with van der Waals surface area (Å²) < 4.78 is 0. The van der Waals surface area contributed by atoms with Crippen molar-refractivity contribution in [2.24, 2.45) is 5.41 Å². The average Bonchev–Trinajstić information content (AvgIpc) is 2.58. The monoisotopic (exact) mass is 417 g/mol. The maximum Gasteiger partial charge on any atom is 0.323 e. The van der Waals surface area contributed by atoms with E-state index in [1.54, 1.807) is 30.3 Å². The lowest BCUT2D eigenvalue weighted by atomic mass is 9.79. The van der Waals surface area contributed by atoms with Crippen LogP contribution < -0.4 is 16.0 Å². The largest absolute Gasteiger partial charge is 0.357 e. The Morgan fingerprint density at radius 1 is 0.964 bits per heavy atom. The number of benzene rings is 2. The summed E-state index contributed by atoms with van der Waals surface area (Å²) in [5.41, 5.74) is 2.57. The number of nitrogens with one attached hydrogen (secondary N) is 3. The molecule has 146 valence electrons. The van der Waals surface area contributed by atoms with Gasteiger partial charge >= 0.3 is 6.03 Å². The SMILES string of the molecule is CC1(C)CC(=O)C=C(Nc2ccccc2NC(=O)Nc2ccc(Cl)c(Cl)c2)C1. The van der Waals surface area contributed by atoms with Crippen LogP contribution in [0.25, 0.3) is 0 Å². The van der Waals surface area contributed by atoms with Gasteiger partial charge in [-0.05, 0) is 42.2 Å². The van der Waals surface area contributed by atoms with Crippen LogP contribution in [0.4, 0.5) is 21.9 Å². The summed E-state index contributed by atoms with van der Waals surface area (Å²) >= 11 is 11.9. The van der Waals surface area contributed by atoms with Gasteiger partial charge in [-0.25, -0.2) is 4.79 Å². The molecule has 2 aromatic carbocycles. The predicted molar refractivity (Wildman–Crippen MR) is 115 cm³/mol. The van der Waals surface area contributed by atoms with E-state index in [0.717, 1.165) is 12.1 Å². The number of anilines is 3. The number of rotatable bonds is 4. The predicted octanol–water partition coefficient (Wildman–Crippen LogP) is 6.32. The van der Waals surface area contributed by atoms with Crippen molar-refractivity contribution in [1.29, 1.82) is 0 Å². The fourth-order valence-electron chi connectivity index (χ4n) is 3.16. The van der Waals surface area contributed by atoms with E-state index in [1.165, 1.54) is 0 Å². The molecule has 0 fully saturated rings. The van der Waals surface area contributed by atoms with Crippen LogP contribution in [-0.2, 0) is 4.79 Å². The van der Waals surface area contributed by atoms with Crippen molar-refractivity contribution < 1.29 is 9.59 Å². The van der Waals surface area contributed by atoms with Crippen LogP contribution in [0, 0.1) is 5.41 Å². The molecular weight excluding hydrogens is 397 g/mol. The highest BCUT2D eigenvalue weighted by molar-refractivity contribution is 6.42.